The predicted molar refractivity (Wildman–Crippen MR) is 94.2 cm³/mol. The fourth-order valence-electron chi connectivity index (χ4n) is 2.72. The van der Waals surface area contributed by atoms with E-state index >= 15 is 0 Å². The van der Waals surface area contributed by atoms with E-state index in [0.717, 1.165) is 24.5 Å². The lowest BCUT2D eigenvalue weighted by atomic mass is 10.2. The first kappa shape index (κ1) is 16.8. The minimum Gasteiger partial charge on any atom is -0.484 e. The number of hydrogen-bond acceptors (Lipinski definition) is 5. The molecule has 1 saturated heterocycles. The van der Waals surface area contributed by atoms with Gasteiger partial charge in [-0.3, -0.25) is 4.79 Å². The third kappa shape index (κ3) is 4.70. The molecule has 1 aromatic carbocycles. The van der Waals surface area contributed by atoms with Gasteiger partial charge in [-0.25, -0.2) is 4.98 Å². The second kappa shape index (κ2) is 8.15. The molecule has 0 radical (unpaired) electrons. The molecule has 0 spiro atoms. The Labute approximate surface area is 147 Å². The van der Waals surface area contributed by atoms with Crippen molar-refractivity contribution >= 4 is 11.7 Å². The molecule has 25 heavy (non-hydrogen) atoms. The van der Waals surface area contributed by atoms with Gasteiger partial charge >= 0.3 is 0 Å². The SMILES string of the molecule is N#Cc1ccc(OCC(=O)NCc2ccnc(N3CCCC3)c2)cc1. The van der Waals surface area contributed by atoms with Crippen molar-refractivity contribution in [3.05, 3.63) is 53.7 Å². The fourth-order valence-corrected chi connectivity index (χ4v) is 2.72. The van der Waals surface area contributed by atoms with Gasteiger partial charge in [-0.1, -0.05) is 0 Å². The van der Waals surface area contributed by atoms with Crippen LogP contribution in [0.3, 0.4) is 0 Å². The highest BCUT2D eigenvalue weighted by molar-refractivity contribution is 5.77. The standard InChI is InChI=1S/C19H20N4O2/c20-12-15-3-5-17(6-4-15)25-14-19(24)22-13-16-7-8-21-18(11-16)23-9-1-2-10-23/h3-8,11H,1-2,9-10,13-14H2,(H,22,24). The van der Waals surface area contributed by atoms with E-state index in [-0.39, 0.29) is 12.5 Å². The van der Waals surface area contributed by atoms with Gasteiger partial charge in [-0.05, 0) is 54.8 Å². The molecule has 0 aliphatic carbocycles. The number of nitriles is 1. The molecule has 0 unspecified atom stereocenters. The molecule has 6 nitrogen and oxygen atoms in total. The van der Waals surface area contributed by atoms with Crippen LogP contribution in [-0.4, -0.2) is 30.6 Å². The Bertz CT molecular complexity index is 762. The maximum absolute atomic E-state index is 11.9. The van der Waals surface area contributed by atoms with Crippen molar-refractivity contribution < 1.29 is 9.53 Å². The maximum Gasteiger partial charge on any atom is 0.258 e. The Balaban J connectivity index is 1.47. The molecular formula is C19H20N4O2. The van der Waals surface area contributed by atoms with Crippen LogP contribution in [0.4, 0.5) is 5.82 Å². The summed E-state index contributed by atoms with van der Waals surface area (Å²) in [5.41, 5.74) is 1.58. The lowest BCUT2D eigenvalue weighted by Gasteiger charge is -2.17. The number of ether oxygens (including phenoxy) is 1. The number of amides is 1. The van der Waals surface area contributed by atoms with Crippen LogP contribution >= 0.6 is 0 Å². The highest BCUT2D eigenvalue weighted by Crippen LogP contribution is 2.18. The monoisotopic (exact) mass is 336 g/mol. The Hall–Kier alpha value is -3.07. The van der Waals surface area contributed by atoms with Gasteiger partial charge in [-0.15, -0.1) is 0 Å². The van der Waals surface area contributed by atoms with Crippen LogP contribution in [-0.2, 0) is 11.3 Å². The van der Waals surface area contributed by atoms with Gasteiger partial charge in [0.1, 0.15) is 11.6 Å². The van der Waals surface area contributed by atoms with Crippen molar-refractivity contribution in [3.8, 4) is 11.8 Å². The first-order valence-electron chi connectivity index (χ1n) is 8.34. The number of nitrogens with zero attached hydrogens (tertiary/aromatic N) is 3. The highest BCUT2D eigenvalue weighted by Gasteiger charge is 2.13. The summed E-state index contributed by atoms with van der Waals surface area (Å²) < 4.78 is 5.42. The third-order valence-corrected chi connectivity index (χ3v) is 4.08. The summed E-state index contributed by atoms with van der Waals surface area (Å²) in [5, 5.41) is 11.6. The molecule has 1 amide bonds. The average Bonchev–Trinajstić information content (AvgIpc) is 3.20. The van der Waals surface area contributed by atoms with E-state index in [0.29, 0.717) is 17.9 Å². The number of carbonyl (C=O) groups excluding carboxylic acids is 1. The highest BCUT2D eigenvalue weighted by atomic mass is 16.5. The van der Waals surface area contributed by atoms with E-state index in [2.05, 4.69) is 15.2 Å². The molecule has 3 rings (SSSR count). The molecular weight excluding hydrogens is 316 g/mol. The van der Waals surface area contributed by atoms with Crippen molar-refractivity contribution in [2.75, 3.05) is 24.6 Å². The summed E-state index contributed by atoms with van der Waals surface area (Å²) in [7, 11) is 0. The molecule has 6 heteroatoms. The van der Waals surface area contributed by atoms with E-state index in [9.17, 15) is 4.79 Å². The number of nitrogens with one attached hydrogen (secondary N) is 1. The summed E-state index contributed by atoms with van der Waals surface area (Å²) in [6.45, 7) is 2.47. The van der Waals surface area contributed by atoms with E-state index in [1.165, 1.54) is 12.8 Å². The van der Waals surface area contributed by atoms with Gasteiger partial charge in [0.2, 0.25) is 0 Å². The molecule has 1 N–H and O–H groups in total. The van der Waals surface area contributed by atoms with Gasteiger partial charge in [0, 0.05) is 25.8 Å². The van der Waals surface area contributed by atoms with Crippen molar-refractivity contribution in [3.63, 3.8) is 0 Å². The van der Waals surface area contributed by atoms with E-state index in [1.807, 2.05) is 18.2 Å². The molecule has 2 heterocycles. The molecule has 128 valence electrons. The van der Waals surface area contributed by atoms with Crippen LogP contribution in [0.25, 0.3) is 0 Å². The van der Waals surface area contributed by atoms with Crippen LogP contribution in [0.1, 0.15) is 24.0 Å². The first-order valence-corrected chi connectivity index (χ1v) is 8.34. The predicted octanol–water partition coefficient (Wildman–Crippen LogP) is 2.25. The van der Waals surface area contributed by atoms with Crippen LogP contribution < -0.4 is 15.0 Å². The molecule has 0 atom stereocenters. The minimum absolute atomic E-state index is 0.0596. The lowest BCUT2D eigenvalue weighted by Crippen LogP contribution is -2.28. The van der Waals surface area contributed by atoms with Gasteiger partial charge in [0.15, 0.2) is 6.61 Å². The molecule has 0 bridgehead atoms. The van der Waals surface area contributed by atoms with Gasteiger partial charge in [-0.2, -0.15) is 5.26 Å². The van der Waals surface area contributed by atoms with Crippen molar-refractivity contribution in [1.29, 1.82) is 5.26 Å². The van der Waals surface area contributed by atoms with Crippen LogP contribution in [0, 0.1) is 11.3 Å². The van der Waals surface area contributed by atoms with E-state index < -0.39 is 0 Å². The largest absolute Gasteiger partial charge is 0.484 e. The number of anilines is 1. The van der Waals surface area contributed by atoms with Crippen molar-refractivity contribution in [2.45, 2.75) is 19.4 Å². The zero-order valence-corrected chi connectivity index (χ0v) is 13.9. The van der Waals surface area contributed by atoms with Crippen LogP contribution in [0.5, 0.6) is 5.75 Å². The molecule has 0 saturated carbocycles. The van der Waals surface area contributed by atoms with Gasteiger partial charge in [0.05, 0.1) is 11.6 Å². The molecule has 1 aliphatic rings. The summed E-state index contributed by atoms with van der Waals surface area (Å²) in [5.74, 6) is 1.34. The Morgan fingerprint density at radius 3 is 2.72 bits per heavy atom. The molecule has 1 aliphatic heterocycles. The summed E-state index contributed by atoms with van der Waals surface area (Å²) >= 11 is 0. The number of carbonyl (C=O) groups is 1. The van der Waals surface area contributed by atoms with Crippen molar-refractivity contribution in [1.82, 2.24) is 10.3 Å². The zero-order chi connectivity index (χ0) is 17.5. The van der Waals surface area contributed by atoms with E-state index in [4.69, 9.17) is 10.00 Å². The Morgan fingerprint density at radius 2 is 2.00 bits per heavy atom. The smallest absolute Gasteiger partial charge is 0.258 e. The third-order valence-electron chi connectivity index (χ3n) is 4.08. The van der Waals surface area contributed by atoms with Crippen LogP contribution in [0.2, 0.25) is 0 Å². The Morgan fingerprint density at radius 1 is 1.24 bits per heavy atom. The first-order chi connectivity index (χ1) is 12.2. The van der Waals surface area contributed by atoms with Crippen LogP contribution in [0.15, 0.2) is 42.6 Å². The molecule has 1 fully saturated rings. The Kier molecular flexibility index (Phi) is 5.47. The summed E-state index contributed by atoms with van der Waals surface area (Å²) in [6, 6.07) is 12.6. The zero-order valence-electron chi connectivity index (χ0n) is 13.9. The summed E-state index contributed by atoms with van der Waals surface area (Å²) in [4.78, 5) is 18.6. The van der Waals surface area contributed by atoms with Gasteiger partial charge < -0.3 is 15.0 Å². The number of hydrogen-bond donors (Lipinski definition) is 1. The number of benzene rings is 1. The van der Waals surface area contributed by atoms with Crippen molar-refractivity contribution in [2.24, 2.45) is 0 Å². The van der Waals surface area contributed by atoms with Gasteiger partial charge in [0.25, 0.3) is 5.91 Å². The number of pyridine rings is 1. The summed E-state index contributed by atoms with van der Waals surface area (Å²) in [6.07, 6.45) is 4.19. The second-order valence-corrected chi connectivity index (χ2v) is 5.92. The maximum atomic E-state index is 11.9. The number of aromatic nitrogens is 1. The number of rotatable bonds is 6. The molecule has 2 aromatic rings. The average molecular weight is 336 g/mol. The second-order valence-electron chi connectivity index (χ2n) is 5.92. The van der Waals surface area contributed by atoms with E-state index in [1.54, 1.807) is 30.5 Å². The minimum atomic E-state index is -0.191. The normalized spacial score (nSPS) is 13.3. The fraction of sp³-hybridized carbons (Fsp3) is 0.316. The lowest BCUT2D eigenvalue weighted by molar-refractivity contribution is -0.123. The quantitative estimate of drug-likeness (QED) is 0.875. The topological polar surface area (TPSA) is 78.2 Å². The molecule has 1 aromatic heterocycles.